The van der Waals surface area contributed by atoms with E-state index in [2.05, 4.69) is 34.1 Å². The normalized spacial score (nSPS) is 37.4. The Morgan fingerprint density at radius 3 is 1.92 bits per heavy atom. The predicted molar refractivity (Wildman–Crippen MR) is 100.0 cm³/mol. The van der Waals surface area contributed by atoms with Crippen molar-refractivity contribution in [3.05, 3.63) is 0 Å². The molecule has 0 aromatic carbocycles. The lowest BCUT2D eigenvalue weighted by atomic mass is 9.66. The maximum Gasteiger partial charge on any atom is 0.128 e. The largest absolute Gasteiger partial charge is 0.373 e. The summed E-state index contributed by atoms with van der Waals surface area (Å²) in [7, 11) is 4.35. The van der Waals surface area contributed by atoms with Crippen molar-refractivity contribution in [1.82, 2.24) is 20.0 Å². The van der Waals surface area contributed by atoms with Crippen molar-refractivity contribution < 1.29 is 9.53 Å². The highest BCUT2D eigenvalue weighted by Crippen LogP contribution is 2.47. The average molecular weight is 353 g/mol. The van der Waals surface area contributed by atoms with E-state index in [4.69, 9.17) is 4.74 Å². The van der Waals surface area contributed by atoms with Crippen LogP contribution in [0.15, 0.2) is 0 Å². The van der Waals surface area contributed by atoms with Crippen LogP contribution in [0.2, 0.25) is 0 Å². The zero-order chi connectivity index (χ0) is 17.8. The van der Waals surface area contributed by atoms with Gasteiger partial charge in [0, 0.05) is 64.3 Å². The van der Waals surface area contributed by atoms with Crippen molar-refractivity contribution in [2.45, 2.75) is 31.3 Å². The van der Waals surface area contributed by atoms with E-state index in [0.717, 1.165) is 64.7 Å². The van der Waals surface area contributed by atoms with Crippen molar-refractivity contribution in [3.8, 4) is 0 Å². The van der Waals surface area contributed by atoms with Gasteiger partial charge in [-0.1, -0.05) is 0 Å². The first-order valence-electron chi connectivity index (χ1n) is 9.95. The second-order valence-corrected chi connectivity index (χ2v) is 8.58. The molecule has 0 radical (unpaired) electrons. The molecule has 5 aliphatic rings. The van der Waals surface area contributed by atoms with Gasteiger partial charge in [-0.15, -0.1) is 0 Å². The minimum Gasteiger partial charge on any atom is -0.373 e. The van der Waals surface area contributed by atoms with E-state index in [0.29, 0.717) is 6.61 Å². The number of aldehydes is 1. The molecular weight excluding hydrogens is 316 g/mol. The third-order valence-corrected chi connectivity index (χ3v) is 6.52. The highest BCUT2D eigenvalue weighted by Gasteiger charge is 2.50. The van der Waals surface area contributed by atoms with Crippen LogP contribution in [-0.2, 0) is 9.53 Å². The molecule has 6 nitrogen and oxygen atoms in total. The molecule has 144 valence electrons. The third-order valence-electron chi connectivity index (χ3n) is 6.52. The van der Waals surface area contributed by atoms with Gasteiger partial charge in [-0.3, -0.25) is 4.90 Å². The first-order chi connectivity index (χ1) is 12.0. The molecule has 1 aliphatic carbocycles. The molecule has 0 spiro atoms. The van der Waals surface area contributed by atoms with Gasteiger partial charge in [0.25, 0.3) is 0 Å². The predicted octanol–water partition coefficient (Wildman–Crippen LogP) is 0.284. The zero-order valence-corrected chi connectivity index (χ0v) is 16.1. The summed E-state index contributed by atoms with van der Waals surface area (Å²) < 4.78 is 6.07. The van der Waals surface area contributed by atoms with Crippen LogP contribution >= 0.6 is 0 Å². The first-order valence-corrected chi connectivity index (χ1v) is 9.95. The second kappa shape index (κ2) is 8.44. The van der Waals surface area contributed by atoms with Crippen molar-refractivity contribution in [1.29, 1.82) is 0 Å². The molecule has 6 heteroatoms. The maximum absolute atomic E-state index is 11.1. The number of ether oxygens (including phenoxy) is 1. The van der Waals surface area contributed by atoms with E-state index in [-0.39, 0.29) is 11.0 Å². The zero-order valence-electron chi connectivity index (χ0n) is 16.1. The molecule has 4 saturated heterocycles. The van der Waals surface area contributed by atoms with Crippen LogP contribution in [0.25, 0.3) is 0 Å². The summed E-state index contributed by atoms with van der Waals surface area (Å²) in [6.45, 7) is 11.1. The Hall–Kier alpha value is -0.530. The molecule has 5 rings (SSSR count). The minimum atomic E-state index is -0.134. The van der Waals surface area contributed by atoms with Gasteiger partial charge in [-0.05, 0) is 39.8 Å². The fraction of sp³-hybridized carbons (Fsp3) is 0.947. The molecule has 25 heavy (non-hydrogen) atoms. The van der Waals surface area contributed by atoms with Gasteiger partial charge < -0.3 is 24.6 Å². The van der Waals surface area contributed by atoms with Gasteiger partial charge in [0.1, 0.15) is 6.29 Å². The summed E-state index contributed by atoms with van der Waals surface area (Å²) in [6.07, 6.45) is 5.33. The Balaban J connectivity index is 0.000000192. The summed E-state index contributed by atoms with van der Waals surface area (Å²) in [5.41, 5.74) is -0.0761. The first kappa shape index (κ1) is 19.2. The summed E-state index contributed by atoms with van der Waals surface area (Å²) in [5, 5.41) is 3.38. The van der Waals surface area contributed by atoms with Gasteiger partial charge in [0.2, 0.25) is 0 Å². The van der Waals surface area contributed by atoms with E-state index >= 15 is 0 Å². The topological polar surface area (TPSA) is 48.0 Å². The van der Waals surface area contributed by atoms with Crippen LogP contribution in [0.1, 0.15) is 25.7 Å². The Labute approximate surface area is 152 Å². The highest BCUT2D eigenvalue weighted by molar-refractivity contribution is 5.60. The average Bonchev–Trinajstić information content (AvgIpc) is 2.67. The fourth-order valence-corrected chi connectivity index (χ4v) is 4.33. The summed E-state index contributed by atoms with van der Waals surface area (Å²) in [6, 6.07) is 0. The lowest BCUT2D eigenvalue weighted by Crippen LogP contribution is -2.58. The van der Waals surface area contributed by atoms with E-state index in [1.54, 1.807) is 0 Å². The molecule has 0 aromatic rings. The third kappa shape index (κ3) is 5.01. The standard InChI is InChI=1S/C13H22N2O2.C6H14N2/c16-10-12-1-3-13(4-2-12,17-11-12)9-15-7-5-14-6-8-15;1-7-3-5-8(2)6-4-7/h10,14H,1-9,11H2;3-6H2,1-2H3. The maximum atomic E-state index is 11.1. The summed E-state index contributed by atoms with van der Waals surface area (Å²) in [5.74, 6) is 0. The van der Waals surface area contributed by atoms with Crippen LogP contribution < -0.4 is 5.32 Å². The number of likely N-dealkylation sites (N-methyl/N-ethyl adjacent to an activating group) is 2. The van der Waals surface area contributed by atoms with Gasteiger partial charge in [-0.2, -0.15) is 0 Å². The quantitative estimate of drug-likeness (QED) is 0.737. The molecule has 0 atom stereocenters. The number of nitrogens with one attached hydrogen (secondary N) is 1. The van der Waals surface area contributed by atoms with Crippen molar-refractivity contribution >= 4 is 6.29 Å². The van der Waals surface area contributed by atoms with Crippen LogP contribution in [-0.4, -0.2) is 106 Å². The molecule has 1 saturated carbocycles. The molecule has 0 unspecified atom stereocenters. The van der Waals surface area contributed by atoms with Crippen molar-refractivity contribution in [2.24, 2.45) is 5.41 Å². The Morgan fingerprint density at radius 1 is 0.920 bits per heavy atom. The van der Waals surface area contributed by atoms with E-state index in [9.17, 15) is 4.79 Å². The fourth-order valence-electron chi connectivity index (χ4n) is 4.33. The van der Waals surface area contributed by atoms with Crippen molar-refractivity contribution in [2.75, 3.05) is 79.6 Å². The number of carbonyl (C=O) groups excluding carboxylic acids is 1. The highest BCUT2D eigenvalue weighted by atomic mass is 16.5. The minimum absolute atomic E-state index is 0.0576. The molecule has 1 N–H and O–H groups in total. The molecular formula is C19H36N4O2. The van der Waals surface area contributed by atoms with Gasteiger partial charge in [0.15, 0.2) is 0 Å². The van der Waals surface area contributed by atoms with E-state index < -0.39 is 0 Å². The monoisotopic (exact) mass is 352 g/mol. The molecule has 5 fully saturated rings. The van der Waals surface area contributed by atoms with E-state index in [1.165, 1.54) is 26.2 Å². The molecule has 4 heterocycles. The van der Waals surface area contributed by atoms with Crippen LogP contribution in [0.3, 0.4) is 0 Å². The van der Waals surface area contributed by atoms with E-state index in [1.807, 2.05) is 0 Å². The van der Waals surface area contributed by atoms with Gasteiger partial charge in [-0.25, -0.2) is 0 Å². The van der Waals surface area contributed by atoms with Gasteiger partial charge >= 0.3 is 0 Å². The smallest absolute Gasteiger partial charge is 0.128 e. The number of hydrogen-bond acceptors (Lipinski definition) is 6. The molecule has 2 bridgehead atoms. The van der Waals surface area contributed by atoms with Crippen LogP contribution in [0.5, 0.6) is 0 Å². The SMILES string of the molecule is CN1CCN(C)CC1.O=CC12CCC(CN3CCNCC3)(CC1)OC2. The number of piperazine rings is 2. The number of hydrogen-bond donors (Lipinski definition) is 1. The molecule has 0 amide bonds. The Bertz CT molecular complexity index is 397. The Morgan fingerprint density at radius 2 is 1.48 bits per heavy atom. The van der Waals surface area contributed by atoms with Crippen LogP contribution in [0, 0.1) is 5.41 Å². The number of fused-ring (bicyclic) bond motifs is 3. The molecule has 0 aromatic heterocycles. The van der Waals surface area contributed by atoms with Crippen LogP contribution in [0.4, 0.5) is 0 Å². The second-order valence-electron chi connectivity index (χ2n) is 8.58. The number of carbonyl (C=O) groups is 1. The van der Waals surface area contributed by atoms with Gasteiger partial charge in [0.05, 0.1) is 12.2 Å². The lowest BCUT2D eigenvalue weighted by molar-refractivity contribution is -0.188. The summed E-state index contributed by atoms with van der Waals surface area (Å²) >= 11 is 0. The summed E-state index contributed by atoms with van der Waals surface area (Å²) in [4.78, 5) is 18.4. The lowest BCUT2D eigenvalue weighted by Gasteiger charge is -2.52. The number of nitrogens with zero attached hydrogens (tertiary/aromatic N) is 3. The Kier molecular flexibility index (Phi) is 6.49. The van der Waals surface area contributed by atoms with Crippen molar-refractivity contribution in [3.63, 3.8) is 0 Å². The number of rotatable bonds is 3. The molecule has 4 aliphatic heterocycles.